The summed E-state index contributed by atoms with van der Waals surface area (Å²) in [6.45, 7) is 15.1. The average molecular weight is 551 g/mol. The lowest BCUT2D eigenvalue weighted by atomic mass is 10.0. The second-order valence-electron chi connectivity index (χ2n) is 9.92. The van der Waals surface area contributed by atoms with Gasteiger partial charge in [0.1, 0.15) is 5.82 Å². The topological polar surface area (TPSA) is 66.0 Å². The van der Waals surface area contributed by atoms with Gasteiger partial charge in [-0.2, -0.15) is 4.98 Å². The van der Waals surface area contributed by atoms with Crippen molar-refractivity contribution in [2.24, 2.45) is 0 Å². The van der Waals surface area contributed by atoms with E-state index in [1.54, 1.807) is 14.2 Å². The number of benzene rings is 2. The molecule has 8 heteroatoms. The van der Waals surface area contributed by atoms with E-state index >= 15 is 0 Å². The van der Waals surface area contributed by atoms with Crippen LogP contribution in [0.3, 0.4) is 0 Å². The molecule has 8 nitrogen and oxygen atoms in total. The number of aromatic nitrogens is 2. The van der Waals surface area contributed by atoms with Crippen LogP contribution in [0.25, 0.3) is 10.9 Å². The minimum Gasteiger partial charge on any atom is -0.493 e. The summed E-state index contributed by atoms with van der Waals surface area (Å²) in [6, 6.07) is 15.1. The molecule has 0 amide bonds. The summed E-state index contributed by atoms with van der Waals surface area (Å²) >= 11 is 0. The van der Waals surface area contributed by atoms with Gasteiger partial charge < -0.3 is 24.6 Å². The lowest BCUT2D eigenvalue weighted by Gasteiger charge is -2.33. The zero-order valence-corrected chi connectivity index (χ0v) is 25.7. The normalized spacial score (nSPS) is 16.7. The molecule has 3 heterocycles. The fourth-order valence-electron chi connectivity index (χ4n) is 5.21. The molecular weight excluding hydrogens is 500 g/mol. The summed E-state index contributed by atoms with van der Waals surface area (Å²) in [5.74, 6) is 3.05. The molecule has 2 saturated heterocycles. The summed E-state index contributed by atoms with van der Waals surface area (Å²) in [5.41, 5.74) is 2.25. The Hall–Kier alpha value is -3.10. The smallest absolute Gasteiger partial charge is 0.227 e. The number of anilines is 2. The third-order valence-electron chi connectivity index (χ3n) is 7.37. The molecule has 2 aliphatic rings. The van der Waals surface area contributed by atoms with E-state index < -0.39 is 0 Å². The number of methoxy groups -OCH3 is 2. The molecule has 0 saturated carbocycles. The highest BCUT2D eigenvalue weighted by molar-refractivity contribution is 5.93. The number of fused-ring (bicyclic) bond motifs is 1. The van der Waals surface area contributed by atoms with Crippen molar-refractivity contribution in [1.82, 2.24) is 19.8 Å². The molecule has 40 heavy (non-hydrogen) atoms. The standard InChI is InChI=1S/C28H38N6O2.2C2H6/c1-32-12-7-13-34(17-16-32)28-30-24-19-26(36-3)25(35-2)18-23(24)27(31-28)29-22-10-14-33(15-11-22)20-21-8-5-4-6-9-21;2*1-2/h4-6,8-9,18-19,22H,7,10-17,20H2,1-3H3,(H,29,30,31);2*1-2H3. The number of hydrogen-bond acceptors (Lipinski definition) is 8. The van der Waals surface area contributed by atoms with Crippen LogP contribution < -0.4 is 19.7 Å². The van der Waals surface area contributed by atoms with Crippen LogP contribution in [0.5, 0.6) is 11.5 Å². The van der Waals surface area contributed by atoms with E-state index in [9.17, 15) is 0 Å². The van der Waals surface area contributed by atoms with E-state index in [1.807, 2.05) is 39.8 Å². The molecule has 5 rings (SSSR count). The summed E-state index contributed by atoms with van der Waals surface area (Å²) in [7, 11) is 5.51. The van der Waals surface area contributed by atoms with Gasteiger partial charge in [0.15, 0.2) is 11.5 Å². The molecule has 1 aromatic heterocycles. The number of likely N-dealkylation sites (tertiary alicyclic amines) is 1. The fraction of sp³-hybridized carbons (Fsp3) is 0.562. The maximum absolute atomic E-state index is 5.60. The second kappa shape index (κ2) is 16.2. The van der Waals surface area contributed by atoms with Crippen molar-refractivity contribution in [2.45, 2.75) is 59.5 Å². The monoisotopic (exact) mass is 550 g/mol. The average Bonchev–Trinajstić information content (AvgIpc) is 3.24. The quantitative estimate of drug-likeness (QED) is 0.389. The van der Waals surface area contributed by atoms with Crippen LogP contribution in [-0.2, 0) is 6.54 Å². The molecule has 220 valence electrons. The van der Waals surface area contributed by atoms with Gasteiger partial charge in [-0.3, -0.25) is 4.90 Å². The first-order valence-electron chi connectivity index (χ1n) is 15.0. The van der Waals surface area contributed by atoms with Crippen LogP contribution in [0.2, 0.25) is 0 Å². The number of hydrogen-bond donors (Lipinski definition) is 1. The van der Waals surface area contributed by atoms with Crippen molar-refractivity contribution in [3.63, 3.8) is 0 Å². The Morgan fingerprint density at radius 3 is 2.17 bits per heavy atom. The number of piperidine rings is 1. The molecule has 3 aromatic rings. The SMILES string of the molecule is CC.CC.COc1cc2nc(N3CCCN(C)CC3)nc(NC3CCN(Cc4ccccc4)CC3)c2cc1OC. The van der Waals surface area contributed by atoms with Gasteiger partial charge in [0.2, 0.25) is 5.95 Å². The number of nitrogens with zero attached hydrogens (tertiary/aromatic N) is 5. The van der Waals surface area contributed by atoms with Gasteiger partial charge in [0, 0.05) is 56.8 Å². The third kappa shape index (κ3) is 8.21. The number of rotatable bonds is 7. The summed E-state index contributed by atoms with van der Waals surface area (Å²) in [4.78, 5) is 17.3. The zero-order valence-electron chi connectivity index (χ0n) is 25.7. The Kier molecular flexibility index (Phi) is 12.8. The van der Waals surface area contributed by atoms with E-state index in [-0.39, 0.29) is 0 Å². The number of likely N-dealkylation sites (N-methyl/N-ethyl adjacent to an activating group) is 1. The Labute approximate surface area is 241 Å². The van der Waals surface area contributed by atoms with Crippen molar-refractivity contribution < 1.29 is 9.47 Å². The first kappa shape index (κ1) is 31.4. The number of ether oxygens (including phenoxy) is 2. The van der Waals surface area contributed by atoms with Gasteiger partial charge >= 0.3 is 0 Å². The van der Waals surface area contributed by atoms with Gasteiger partial charge in [0.05, 0.1) is 19.7 Å². The van der Waals surface area contributed by atoms with Crippen molar-refractivity contribution in [3.05, 3.63) is 48.0 Å². The van der Waals surface area contributed by atoms with Gasteiger partial charge in [-0.25, -0.2) is 4.98 Å². The first-order valence-corrected chi connectivity index (χ1v) is 15.0. The predicted octanol–water partition coefficient (Wildman–Crippen LogP) is 5.92. The van der Waals surface area contributed by atoms with Crippen molar-refractivity contribution >= 4 is 22.7 Å². The highest BCUT2D eigenvalue weighted by Crippen LogP contribution is 2.35. The van der Waals surface area contributed by atoms with E-state index in [1.165, 1.54) is 5.56 Å². The van der Waals surface area contributed by atoms with Gasteiger partial charge in [0.25, 0.3) is 0 Å². The lowest BCUT2D eigenvalue weighted by molar-refractivity contribution is 0.211. The Morgan fingerprint density at radius 1 is 0.825 bits per heavy atom. The van der Waals surface area contributed by atoms with Gasteiger partial charge in [-0.15, -0.1) is 0 Å². The molecule has 0 bridgehead atoms. The van der Waals surface area contributed by atoms with Gasteiger partial charge in [-0.1, -0.05) is 58.0 Å². The largest absolute Gasteiger partial charge is 0.493 e. The predicted molar refractivity (Wildman–Crippen MR) is 168 cm³/mol. The van der Waals surface area contributed by atoms with E-state index in [2.05, 4.69) is 57.4 Å². The fourth-order valence-corrected chi connectivity index (χ4v) is 5.21. The molecule has 0 aliphatic carbocycles. The maximum Gasteiger partial charge on any atom is 0.227 e. The highest BCUT2D eigenvalue weighted by Gasteiger charge is 2.23. The van der Waals surface area contributed by atoms with Crippen LogP contribution in [0, 0.1) is 0 Å². The van der Waals surface area contributed by atoms with E-state index in [4.69, 9.17) is 19.4 Å². The second-order valence-corrected chi connectivity index (χ2v) is 9.92. The van der Waals surface area contributed by atoms with Crippen LogP contribution in [0.1, 0.15) is 52.5 Å². The maximum atomic E-state index is 5.60. The Morgan fingerprint density at radius 2 is 1.50 bits per heavy atom. The van der Waals surface area contributed by atoms with E-state index in [0.29, 0.717) is 17.5 Å². The summed E-state index contributed by atoms with van der Waals surface area (Å²) in [6.07, 6.45) is 3.26. The highest BCUT2D eigenvalue weighted by atomic mass is 16.5. The van der Waals surface area contributed by atoms with E-state index in [0.717, 1.165) is 87.7 Å². The van der Waals surface area contributed by atoms with Crippen LogP contribution >= 0.6 is 0 Å². The molecule has 0 radical (unpaired) electrons. The van der Waals surface area contributed by atoms with Gasteiger partial charge in [-0.05, 0) is 44.5 Å². The summed E-state index contributed by atoms with van der Waals surface area (Å²) < 4.78 is 11.2. The third-order valence-corrected chi connectivity index (χ3v) is 7.37. The van der Waals surface area contributed by atoms with Crippen LogP contribution in [0.15, 0.2) is 42.5 Å². The van der Waals surface area contributed by atoms with Crippen LogP contribution in [-0.4, -0.2) is 86.3 Å². The first-order chi connectivity index (χ1) is 19.6. The molecule has 2 aromatic carbocycles. The Bertz CT molecular complexity index is 1150. The Balaban J connectivity index is 0.00000106. The minimum atomic E-state index is 0.367. The van der Waals surface area contributed by atoms with Crippen molar-refractivity contribution in [2.75, 3.05) is 70.8 Å². The molecular formula is C32H50N6O2. The van der Waals surface area contributed by atoms with Crippen LogP contribution in [0.4, 0.5) is 11.8 Å². The molecule has 1 N–H and O–H groups in total. The minimum absolute atomic E-state index is 0.367. The molecule has 2 fully saturated rings. The summed E-state index contributed by atoms with van der Waals surface area (Å²) in [5, 5.41) is 4.76. The molecule has 2 aliphatic heterocycles. The molecule has 0 unspecified atom stereocenters. The lowest BCUT2D eigenvalue weighted by Crippen LogP contribution is -2.39. The van der Waals surface area contributed by atoms with Crippen molar-refractivity contribution in [1.29, 1.82) is 0 Å². The zero-order chi connectivity index (χ0) is 28.9. The van der Waals surface area contributed by atoms with Crippen molar-refractivity contribution in [3.8, 4) is 11.5 Å². The number of nitrogens with one attached hydrogen (secondary N) is 1. The molecule has 0 atom stereocenters. The molecule has 0 spiro atoms.